The molecule has 0 radical (unpaired) electrons. The van der Waals surface area contributed by atoms with Gasteiger partial charge in [0.1, 0.15) is 0 Å². The van der Waals surface area contributed by atoms with E-state index in [4.69, 9.17) is 4.52 Å². The van der Waals surface area contributed by atoms with Gasteiger partial charge in [-0.15, -0.1) is 0 Å². The molecule has 1 heterocycles. The predicted molar refractivity (Wildman–Crippen MR) is 104 cm³/mol. The van der Waals surface area contributed by atoms with E-state index in [0.717, 1.165) is 16.7 Å². The third kappa shape index (κ3) is 3.62. The summed E-state index contributed by atoms with van der Waals surface area (Å²) in [5.74, 6) is 0.849. The molecule has 1 amide bonds. The molecule has 5 heteroatoms. The highest BCUT2D eigenvalue weighted by atomic mass is 16.5. The minimum atomic E-state index is -0.150. The van der Waals surface area contributed by atoms with Gasteiger partial charge in [-0.2, -0.15) is 4.98 Å². The van der Waals surface area contributed by atoms with Gasteiger partial charge >= 0.3 is 0 Å². The molecule has 0 fully saturated rings. The zero-order valence-electron chi connectivity index (χ0n) is 14.7. The Morgan fingerprint density at radius 3 is 2.33 bits per heavy atom. The second-order valence-corrected chi connectivity index (χ2v) is 6.14. The van der Waals surface area contributed by atoms with Gasteiger partial charge in [0.25, 0.3) is 11.8 Å². The largest absolute Gasteiger partial charge is 0.334 e. The van der Waals surface area contributed by atoms with E-state index in [1.807, 2.05) is 73.7 Å². The lowest BCUT2D eigenvalue weighted by Gasteiger charge is -2.05. The molecular formula is C22H17N3O2. The number of hydrogen-bond acceptors (Lipinski definition) is 4. The Balaban J connectivity index is 1.51. The van der Waals surface area contributed by atoms with Crippen LogP contribution in [0.4, 0.5) is 5.69 Å². The van der Waals surface area contributed by atoms with Crippen LogP contribution in [0.25, 0.3) is 22.8 Å². The summed E-state index contributed by atoms with van der Waals surface area (Å²) in [4.78, 5) is 16.7. The van der Waals surface area contributed by atoms with Crippen molar-refractivity contribution in [1.82, 2.24) is 10.1 Å². The standard InChI is InChI=1S/C22H17N3O2/c1-15-7-5-6-10-19(15)20-24-22(27-25-20)17-11-13-18(14-12-17)23-21(26)16-8-3-2-4-9-16/h2-14H,1H3,(H,23,26). The highest BCUT2D eigenvalue weighted by Gasteiger charge is 2.12. The summed E-state index contributed by atoms with van der Waals surface area (Å²) >= 11 is 0. The fourth-order valence-corrected chi connectivity index (χ4v) is 2.76. The minimum absolute atomic E-state index is 0.150. The van der Waals surface area contributed by atoms with Crippen molar-refractivity contribution >= 4 is 11.6 Å². The molecule has 3 aromatic carbocycles. The molecule has 1 N–H and O–H groups in total. The van der Waals surface area contributed by atoms with Crippen LogP contribution in [0.3, 0.4) is 0 Å². The molecule has 0 atom stereocenters. The Labute approximate surface area is 156 Å². The summed E-state index contributed by atoms with van der Waals surface area (Å²) in [6, 6.07) is 24.3. The first-order valence-corrected chi connectivity index (χ1v) is 8.57. The quantitative estimate of drug-likeness (QED) is 0.561. The average molecular weight is 355 g/mol. The first-order valence-electron chi connectivity index (χ1n) is 8.57. The first-order chi connectivity index (χ1) is 13.2. The van der Waals surface area contributed by atoms with Gasteiger partial charge in [-0.05, 0) is 48.9 Å². The van der Waals surface area contributed by atoms with Crippen LogP contribution >= 0.6 is 0 Å². The van der Waals surface area contributed by atoms with E-state index in [1.54, 1.807) is 12.1 Å². The predicted octanol–water partition coefficient (Wildman–Crippen LogP) is 4.96. The van der Waals surface area contributed by atoms with E-state index in [0.29, 0.717) is 23.0 Å². The van der Waals surface area contributed by atoms with Crippen molar-refractivity contribution < 1.29 is 9.32 Å². The van der Waals surface area contributed by atoms with Gasteiger partial charge in [0.15, 0.2) is 0 Å². The SMILES string of the molecule is Cc1ccccc1-c1noc(-c2ccc(NC(=O)c3ccccc3)cc2)n1. The Morgan fingerprint density at radius 1 is 0.889 bits per heavy atom. The molecule has 5 nitrogen and oxygen atoms in total. The molecule has 0 aliphatic heterocycles. The molecule has 0 unspecified atom stereocenters. The molecule has 0 aliphatic rings. The lowest BCUT2D eigenvalue weighted by atomic mass is 10.1. The second-order valence-electron chi connectivity index (χ2n) is 6.14. The Kier molecular flexibility index (Phi) is 4.49. The minimum Gasteiger partial charge on any atom is -0.334 e. The molecule has 4 aromatic rings. The number of aryl methyl sites for hydroxylation is 1. The van der Waals surface area contributed by atoms with E-state index < -0.39 is 0 Å². The van der Waals surface area contributed by atoms with E-state index in [1.165, 1.54) is 0 Å². The summed E-state index contributed by atoms with van der Waals surface area (Å²) in [7, 11) is 0. The van der Waals surface area contributed by atoms with Gasteiger partial charge in [0, 0.05) is 22.4 Å². The fraction of sp³-hybridized carbons (Fsp3) is 0.0455. The highest BCUT2D eigenvalue weighted by Crippen LogP contribution is 2.25. The summed E-state index contributed by atoms with van der Waals surface area (Å²) in [5, 5.41) is 6.95. The van der Waals surface area contributed by atoms with Crippen LogP contribution in [-0.4, -0.2) is 16.0 Å². The maximum Gasteiger partial charge on any atom is 0.258 e. The van der Waals surface area contributed by atoms with Crippen LogP contribution in [-0.2, 0) is 0 Å². The van der Waals surface area contributed by atoms with Gasteiger partial charge in [-0.25, -0.2) is 0 Å². The number of nitrogens with one attached hydrogen (secondary N) is 1. The smallest absolute Gasteiger partial charge is 0.258 e. The molecule has 4 rings (SSSR count). The normalized spacial score (nSPS) is 10.6. The maximum absolute atomic E-state index is 12.2. The number of aromatic nitrogens is 2. The third-order valence-electron chi connectivity index (χ3n) is 4.24. The maximum atomic E-state index is 12.2. The van der Waals surface area contributed by atoms with Gasteiger partial charge in [-0.1, -0.05) is 47.6 Å². The van der Waals surface area contributed by atoms with Crippen molar-refractivity contribution in [3.05, 3.63) is 90.0 Å². The van der Waals surface area contributed by atoms with Gasteiger partial charge in [-0.3, -0.25) is 4.79 Å². The number of carbonyl (C=O) groups is 1. The number of anilines is 1. The molecule has 1 aromatic heterocycles. The average Bonchev–Trinajstić information content (AvgIpc) is 3.19. The number of hydrogen-bond donors (Lipinski definition) is 1. The zero-order valence-corrected chi connectivity index (χ0v) is 14.7. The van der Waals surface area contributed by atoms with Crippen LogP contribution in [0.1, 0.15) is 15.9 Å². The van der Waals surface area contributed by atoms with E-state index >= 15 is 0 Å². The van der Waals surface area contributed by atoms with E-state index in [2.05, 4.69) is 15.5 Å². The van der Waals surface area contributed by atoms with E-state index in [-0.39, 0.29) is 5.91 Å². The Bertz CT molecular complexity index is 1070. The lowest BCUT2D eigenvalue weighted by molar-refractivity contribution is 0.102. The first kappa shape index (κ1) is 16.7. The molecule has 132 valence electrons. The number of benzene rings is 3. The summed E-state index contributed by atoms with van der Waals surface area (Å²) in [5.41, 5.74) is 4.13. The Morgan fingerprint density at radius 2 is 1.59 bits per heavy atom. The van der Waals surface area contributed by atoms with Crippen molar-refractivity contribution in [2.24, 2.45) is 0 Å². The van der Waals surface area contributed by atoms with Crippen LogP contribution < -0.4 is 5.32 Å². The molecular weight excluding hydrogens is 338 g/mol. The summed E-state index contributed by atoms with van der Waals surface area (Å²) in [6.07, 6.45) is 0. The molecule has 0 saturated heterocycles. The van der Waals surface area contributed by atoms with Crippen molar-refractivity contribution in [2.75, 3.05) is 5.32 Å². The molecule has 0 bridgehead atoms. The van der Waals surface area contributed by atoms with Crippen molar-refractivity contribution in [3.8, 4) is 22.8 Å². The summed E-state index contributed by atoms with van der Waals surface area (Å²) < 4.78 is 5.40. The van der Waals surface area contributed by atoms with Crippen molar-refractivity contribution in [1.29, 1.82) is 0 Å². The zero-order chi connectivity index (χ0) is 18.6. The van der Waals surface area contributed by atoms with E-state index in [9.17, 15) is 4.79 Å². The fourth-order valence-electron chi connectivity index (χ4n) is 2.76. The second kappa shape index (κ2) is 7.25. The number of rotatable bonds is 4. The molecule has 0 aliphatic carbocycles. The number of nitrogens with zero attached hydrogens (tertiary/aromatic N) is 2. The lowest BCUT2D eigenvalue weighted by Crippen LogP contribution is -2.11. The molecule has 0 saturated carbocycles. The monoisotopic (exact) mass is 355 g/mol. The van der Waals surface area contributed by atoms with Crippen LogP contribution in [0, 0.1) is 6.92 Å². The van der Waals surface area contributed by atoms with Crippen LogP contribution in [0.5, 0.6) is 0 Å². The molecule has 27 heavy (non-hydrogen) atoms. The topological polar surface area (TPSA) is 68.0 Å². The van der Waals surface area contributed by atoms with Crippen LogP contribution in [0.15, 0.2) is 83.4 Å². The Hall–Kier alpha value is -3.73. The van der Waals surface area contributed by atoms with Crippen molar-refractivity contribution in [3.63, 3.8) is 0 Å². The number of amides is 1. The van der Waals surface area contributed by atoms with Crippen molar-refractivity contribution in [2.45, 2.75) is 6.92 Å². The third-order valence-corrected chi connectivity index (χ3v) is 4.24. The molecule has 0 spiro atoms. The van der Waals surface area contributed by atoms with Crippen LogP contribution in [0.2, 0.25) is 0 Å². The van der Waals surface area contributed by atoms with Gasteiger partial charge in [0.2, 0.25) is 5.82 Å². The van der Waals surface area contributed by atoms with Gasteiger partial charge < -0.3 is 9.84 Å². The summed E-state index contributed by atoms with van der Waals surface area (Å²) in [6.45, 7) is 2.01. The highest BCUT2D eigenvalue weighted by molar-refractivity contribution is 6.04. The van der Waals surface area contributed by atoms with Gasteiger partial charge in [0.05, 0.1) is 0 Å². The number of carbonyl (C=O) groups excluding carboxylic acids is 1.